The zero-order valence-corrected chi connectivity index (χ0v) is 18.0. The van der Waals surface area contributed by atoms with Crippen molar-refractivity contribution in [2.24, 2.45) is 0 Å². The van der Waals surface area contributed by atoms with E-state index < -0.39 is 0 Å². The number of aryl methyl sites for hydroxylation is 2. The van der Waals surface area contributed by atoms with Gasteiger partial charge < -0.3 is 9.73 Å². The molecule has 0 aliphatic heterocycles. The second-order valence-electron chi connectivity index (χ2n) is 6.00. The highest BCUT2D eigenvalue weighted by Crippen LogP contribution is 2.26. The van der Waals surface area contributed by atoms with Gasteiger partial charge in [0.2, 0.25) is 11.8 Å². The molecular weight excluding hydrogens is 451 g/mol. The molecule has 0 spiro atoms. The Labute approximate surface area is 184 Å². The van der Waals surface area contributed by atoms with Crippen LogP contribution in [0.1, 0.15) is 10.9 Å². The molecule has 0 saturated carbocycles. The van der Waals surface area contributed by atoms with Crippen LogP contribution in [-0.2, 0) is 17.6 Å². The highest BCUT2D eigenvalue weighted by molar-refractivity contribution is 7.99. The number of hydrogen-bond donors (Lipinski definition) is 1. The van der Waals surface area contributed by atoms with Gasteiger partial charge in [-0.1, -0.05) is 47.1 Å². The summed E-state index contributed by atoms with van der Waals surface area (Å²) in [6, 6.07) is 12.9. The van der Waals surface area contributed by atoms with E-state index in [1.54, 1.807) is 29.5 Å². The fraction of sp³-hybridized carbons (Fsp3) is 0.158. The third kappa shape index (κ3) is 5.27. The van der Waals surface area contributed by atoms with E-state index in [0.29, 0.717) is 33.3 Å². The van der Waals surface area contributed by atoms with Crippen LogP contribution in [0.15, 0.2) is 52.1 Å². The summed E-state index contributed by atoms with van der Waals surface area (Å²) in [5.41, 5.74) is 1.58. The Bertz CT molecular complexity index is 1130. The van der Waals surface area contributed by atoms with Gasteiger partial charge in [-0.05, 0) is 30.3 Å². The fourth-order valence-corrected chi connectivity index (χ4v) is 4.38. The van der Waals surface area contributed by atoms with Crippen LogP contribution in [0.5, 0.6) is 0 Å². The van der Waals surface area contributed by atoms with E-state index in [4.69, 9.17) is 27.6 Å². The van der Waals surface area contributed by atoms with Crippen LogP contribution >= 0.6 is 46.3 Å². The first-order chi connectivity index (χ1) is 14.1. The SMILES string of the molecule is O=C(CSc1nnc(CCc2nc3ccccc3s2)o1)Nc1ccc(Cl)c(Cl)c1. The van der Waals surface area contributed by atoms with E-state index in [0.717, 1.165) is 21.6 Å². The smallest absolute Gasteiger partial charge is 0.277 e. The lowest BCUT2D eigenvalue weighted by Gasteiger charge is -2.05. The molecule has 4 rings (SSSR count). The van der Waals surface area contributed by atoms with Crippen LogP contribution in [0.2, 0.25) is 10.0 Å². The predicted molar refractivity (Wildman–Crippen MR) is 117 cm³/mol. The summed E-state index contributed by atoms with van der Waals surface area (Å²) >= 11 is 14.7. The Morgan fingerprint density at radius 3 is 2.79 bits per heavy atom. The Kier molecular flexibility index (Phi) is 6.34. The maximum absolute atomic E-state index is 12.1. The number of amides is 1. The van der Waals surface area contributed by atoms with Crippen molar-refractivity contribution in [3.8, 4) is 0 Å². The minimum atomic E-state index is -0.206. The number of aromatic nitrogens is 3. The molecule has 0 unspecified atom stereocenters. The fourth-order valence-electron chi connectivity index (χ4n) is 2.54. The third-order valence-corrected chi connectivity index (χ3v) is 6.52. The van der Waals surface area contributed by atoms with Crippen molar-refractivity contribution in [1.82, 2.24) is 15.2 Å². The molecule has 1 amide bonds. The van der Waals surface area contributed by atoms with Gasteiger partial charge in [0, 0.05) is 18.5 Å². The summed E-state index contributed by atoms with van der Waals surface area (Å²) in [5, 5.41) is 13.0. The number of rotatable bonds is 7. The van der Waals surface area contributed by atoms with E-state index >= 15 is 0 Å². The molecule has 4 aromatic rings. The summed E-state index contributed by atoms with van der Waals surface area (Å²) in [4.78, 5) is 16.7. The molecule has 2 aromatic heterocycles. The molecule has 0 aliphatic carbocycles. The van der Waals surface area contributed by atoms with Crippen LogP contribution in [0.25, 0.3) is 10.2 Å². The van der Waals surface area contributed by atoms with Crippen LogP contribution in [-0.4, -0.2) is 26.8 Å². The van der Waals surface area contributed by atoms with Crippen molar-refractivity contribution in [2.75, 3.05) is 11.1 Å². The molecule has 1 N–H and O–H groups in total. The minimum absolute atomic E-state index is 0.139. The van der Waals surface area contributed by atoms with Gasteiger partial charge in [0.05, 0.1) is 31.0 Å². The summed E-state index contributed by atoms with van der Waals surface area (Å²) in [5.74, 6) is 0.457. The number of nitrogens with one attached hydrogen (secondary N) is 1. The number of thiazole rings is 1. The zero-order chi connectivity index (χ0) is 20.2. The average Bonchev–Trinajstić information content (AvgIpc) is 3.34. The number of benzene rings is 2. The highest BCUT2D eigenvalue weighted by atomic mass is 35.5. The lowest BCUT2D eigenvalue weighted by atomic mass is 10.3. The average molecular weight is 465 g/mol. The number of thioether (sulfide) groups is 1. The Morgan fingerprint density at radius 2 is 1.97 bits per heavy atom. The minimum Gasteiger partial charge on any atom is -0.416 e. The van der Waals surface area contributed by atoms with Gasteiger partial charge in [-0.25, -0.2) is 4.98 Å². The molecule has 2 heterocycles. The van der Waals surface area contributed by atoms with Crippen molar-refractivity contribution in [1.29, 1.82) is 0 Å². The number of carbonyl (C=O) groups excluding carboxylic acids is 1. The molecule has 10 heteroatoms. The van der Waals surface area contributed by atoms with Crippen molar-refractivity contribution in [3.63, 3.8) is 0 Å². The number of nitrogens with zero attached hydrogens (tertiary/aromatic N) is 3. The van der Waals surface area contributed by atoms with Crippen molar-refractivity contribution >= 4 is 68.1 Å². The van der Waals surface area contributed by atoms with Gasteiger partial charge >= 0.3 is 0 Å². The molecule has 0 bridgehead atoms. The second-order valence-corrected chi connectivity index (χ2v) is 8.86. The Hall–Kier alpha value is -2.13. The molecule has 0 fully saturated rings. The van der Waals surface area contributed by atoms with E-state index in [-0.39, 0.29) is 11.7 Å². The topological polar surface area (TPSA) is 80.9 Å². The summed E-state index contributed by atoms with van der Waals surface area (Å²) < 4.78 is 6.78. The van der Waals surface area contributed by atoms with E-state index in [1.807, 2.05) is 18.2 Å². The summed E-state index contributed by atoms with van der Waals surface area (Å²) in [6.07, 6.45) is 1.33. The number of fused-ring (bicyclic) bond motifs is 1. The number of hydrogen-bond acceptors (Lipinski definition) is 7. The van der Waals surface area contributed by atoms with Gasteiger partial charge in [-0.3, -0.25) is 4.79 Å². The largest absolute Gasteiger partial charge is 0.416 e. The number of para-hydroxylation sites is 1. The second kappa shape index (κ2) is 9.13. The van der Waals surface area contributed by atoms with Crippen LogP contribution in [0.4, 0.5) is 5.69 Å². The van der Waals surface area contributed by atoms with Gasteiger partial charge in [0.25, 0.3) is 5.22 Å². The molecule has 29 heavy (non-hydrogen) atoms. The first kappa shape index (κ1) is 20.2. The number of halogens is 2. The van der Waals surface area contributed by atoms with Crippen LogP contribution in [0, 0.1) is 0 Å². The first-order valence-corrected chi connectivity index (χ1v) is 11.2. The van der Waals surface area contributed by atoms with Gasteiger partial charge in [-0.2, -0.15) is 0 Å². The molecule has 0 atom stereocenters. The zero-order valence-electron chi connectivity index (χ0n) is 14.9. The lowest BCUT2D eigenvalue weighted by molar-refractivity contribution is -0.113. The molecule has 0 radical (unpaired) electrons. The Morgan fingerprint density at radius 1 is 1.10 bits per heavy atom. The molecule has 148 valence electrons. The van der Waals surface area contributed by atoms with E-state index in [9.17, 15) is 4.79 Å². The molecule has 2 aromatic carbocycles. The monoisotopic (exact) mass is 464 g/mol. The van der Waals surface area contributed by atoms with E-state index in [1.165, 1.54) is 11.8 Å². The molecule has 0 aliphatic rings. The van der Waals surface area contributed by atoms with Gasteiger partial charge in [0.1, 0.15) is 0 Å². The summed E-state index contributed by atoms with van der Waals surface area (Å²) in [6.45, 7) is 0. The van der Waals surface area contributed by atoms with Gasteiger partial charge in [0.15, 0.2) is 0 Å². The maximum Gasteiger partial charge on any atom is 0.277 e. The highest BCUT2D eigenvalue weighted by Gasteiger charge is 2.12. The van der Waals surface area contributed by atoms with Gasteiger partial charge in [-0.15, -0.1) is 21.5 Å². The lowest BCUT2D eigenvalue weighted by Crippen LogP contribution is -2.13. The maximum atomic E-state index is 12.1. The molecule has 6 nitrogen and oxygen atoms in total. The Balaban J connectivity index is 1.27. The summed E-state index contributed by atoms with van der Waals surface area (Å²) in [7, 11) is 0. The number of carbonyl (C=O) groups is 1. The molecule has 0 saturated heterocycles. The van der Waals surface area contributed by atoms with Crippen LogP contribution in [0.3, 0.4) is 0 Å². The van der Waals surface area contributed by atoms with E-state index in [2.05, 4.69) is 26.6 Å². The molecular formula is C19H14Cl2N4O2S2. The van der Waals surface area contributed by atoms with Crippen molar-refractivity contribution in [3.05, 3.63) is 63.4 Å². The standard InChI is InChI=1S/C19H14Cl2N4O2S2/c20-12-6-5-11(9-13(12)21)22-16(26)10-28-19-25-24-17(27-19)7-8-18-23-14-3-1-2-4-15(14)29-18/h1-6,9H,7-8,10H2,(H,22,26). The quantitative estimate of drug-likeness (QED) is 0.363. The number of anilines is 1. The third-order valence-electron chi connectivity index (χ3n) is 3.87. The first-order valence-electron chi connectivity index (χ1n) is 8.61. The van der Waals surface area contributed by atoms with Crippen LogP contribution < -0.4 is 5.32 Å². The normalized spacial score (nSPS) is 11.1. The van der Waals surface area contributed by atoms with Crippen molar-refractivity contribution in [2.45, 2.75) is 18.1 Å². The van der Waals surface area contributed by atoms with Crippen molar-refractivity contribution < 1.29 is 9.21 Å². The predicted octanol–water partition coefficient (Wildman–Crippen LogP) is 5.50.